The van der Waals surface area contributed by atoms with Crippen LogP contribution < -0.4 is 5.32 Å². The molecule has 0 spiro atoms. The van der Waals surface area contributed by atoms with Crippen LogP contribution in [0.3, 0.4) is 0 Å². The molecule has 0 radical (unpaired) electrons. The zero-order chi connectivity index (χ0) is 14.8. The molecule has 21 heavy (non-hydrogen) atoms. The number of likely N-dealkylation sites (N-methyl/N-ethyl adjacent to an activating group) is 1. The van der Waals surface area contributed by atoms with Gasteiger partial charge in [0.15, 0.2) is 0 Å². The third-order valence-corrected chi connectivity index (χ3v) is 5.18. The third-order valence-electron chi connectivity index (χ3n) is 4.00. The Morgan fingerprint density at radius 2 is 2.24 bits per heavy atom. The molecule has 0 aliphatic heterocycles. The van der Waals surface area contributed by atoms with E-state index in [0.29, 0.717) is 5.92 Å². The number of nitrogens with one attached hydrogen (secondary N) is 1. The van der Waals surface area contributed by atoms with E-state index in [2.05, 4.69) is 12.2 Å². The lowest BCUT2D eigenvalue weighted by atomic mass is 9.91. The maximum absolute atomic E-state index is 13.6. The van der Waals surface area contributed by atoms with Gasteiger partial charge in [0.2, 0.25) is 0 Å². The number of rotatable bonds is 4. The summed E-state index contributed by atoms with van der Waals surface area (Å²) >= 11 is 1.74. The second kappa shape index (κ2) is 6.24. The molecule has 1 unspecified atom stereocenters. The second-order valence-electron chi connectivity index (χ2n) is 5.74. The average Bonchev–Trinajstić information content (AvgIpc) is 2.88. The molecule has 1 aromatic carbocycles. The Labute approximate surface area is 129 Å². The lowest BCUT2D eigenvalue weighted by Gasteiger charge is -2.21. The van der Waals surface area contributed by atoms with Crippen LogP contribution in [0.5, 0.6) is 0 Å². The van der Waals surface area contributed by atoms with Gasteiger partial charge in [0.25, 0.3) is 0 Å². The maximum Gasteiger partial charge on any atom is 0.124 e. The van der Waals surface area contributed by atoms with Crippen LogP contribution in [0.2, 0.25) is 0 Å². The minimum atomic E-state index is -0.178. The molecule has 0 amide bonds. The number of nitrogens with zero attached hydrogens (tertiary/aromatic N) is 1. The van der Waals surface area contributed by atoms with E-state index in [1.54, 1.807) is 23.5 Å². The van der Waals surface area contributed by atoms with Crippen molar-refractivity contribution in [2.75, 3.05) is 13.1 Å². The normalized spacial score (nSPS) is 17.8. The van der Waals surface area contributed by atoms with Crippen LogP contribution >= 0.6 is 11.3 Å². The highest BCUT2D eigenvalue weighted by atomic mass is 32.1. The van der Waals surface area contributed by atoms with Crippen molar-refractivity contribution in [3.05, 3.63) is 40.2 Å². The molecule has 3 rings (SSSR count). The van der Waals surface area contributed by atoms with Gasteiger partial charge in [-0.05, 0) is 56.5 Å². The Hall–Kier alpha value is -1.26. The number of hydrogen-bond acceptors (Lipinski definition) is 3. The van der Waals surface area contributed by atoms with Gasteiger partial charge < -0.3 is 5.32 Å². The smallest absolute Gasteiger partial charge is 0.124 e. The molecule has 0 saturated carbocycles. The fourth-order valence-corrected chi connectivity index (χ4v) is 4.18. The molecule has 2 nitrogen and oxygen atoms in total. The standard InChI is InChI=1S/C17H21FN2S/c1-3-19-10-12-5-4-6-15-16(12)20-17(21-15)13-7-11(2)8-14(18)9-13/h7-9,12,19H,3-6,10H2,1-2H3. The molecule has 4 heteroatoms. The minimum Gasteiger partial charge on any atom is -0.316 e. The highest BCUT2D eigenvalue weighted by molar-refractivity contribution is 7.15. The molecule has 1 N–H and O–H groups in total. The van der Waals surface area contributed by atoms with Gasteiger partial charge in [-0.3, -0.25) is 0 Å². The van der Waals surface area contributed by atoms with Crippen LogP contribution in [0.4, 0.5) is 4.39 Å². The molecule has 2 aromatic rings. The molecule has 1 aromatic heterocycles. The molecular formula is C17H21FN2S. The summed E-state index contributed by atoms with van der Waals surface area (Å²) in [6.45, 7) is 6.04. The Kier molecular flexibility index (Phi) is 4.36. The molecule has 0 bridgehead atoms. The van der Waals surface area contributed by atoms with Crippen LogP contribution in [0.15, 0.2) is 18.2 Å². The van der Waals surface area contributed by atoms with Crippen LogP contribution in [-0.4, -0.2) is 18.1 Å². The predicted octanol–water partition coefficient (Wildman–Crippen LogP) is 4.29. The Bertz CT molecular complexity index is 615. The van der Waals surface area contributed by atoms with Crippen molar-refractivity contribution in [2.45, 2.75) is 39.0 Å². The Balaban J connectivity index is 1.93. The summed E-state index contributed by atoms with van der Waals surface area (Å²) in [6.07, 6.45) is 3.54. The predicted molar refractivity (Wildman–Crippen MR) is 86.5 cm³/mol. The summed E-state index contributed by atoms with van der Waals surface area (Å²) in [6, 6.07) is 5.17. The highest BCUT2D eigenvalue weighted by Gasteiger charge is 2.24. The van der Waals surface area contributed by atoms with Gasteiger partial charge in [-0.15, -0.1) is 11.3 Å². The third kappa shape index (κ3) is 3.16. The quantitative estimate of drug-likeness (QED) is 0.911. The van der Waals surface area contributed by atoms with E-state index in [4.69, 9.17) is 4.98 Å². The van der Waals surface area contributed by atoms with Crippen molar-refractivity contribution in [1.82, 2.24) is 10.3 Å². The molecule has 1 aliphatic carbocycles. The van der Waals surface area contributed by atoms with Crippen molar-refractivity contribution < 1.29 is 4.39 Å². The number of benzene rings is 1. The molecule has 112 valence electrons. The first-order chi connectivity index (χ1) is 10.2. The summed E-state index contributed by atoms with van der Waals surface area (Å²) in [4.78, 5) is 6.24. The lowest BCUT2D eigenvalue weighted by molar-refractivity contribution is 0.509. The first-order valence-electron chi connectivity index (χ1n) is 7.65. The summed E-state index contributed by atoms with van der Waals surface area (Å²) in [5, 5.41) is 4.39. The van der Waals surface area contributed by atoms with Gasteiger partial charge in [0.05, 0.1) is 5.69 Å². The van der Waals surface area contributed by atoms with Crippen molar-refractivity contribution in [3.63, 3.8) is 0 Å². The lowest BCUT2D eigenvalue weighted by Crippen LogP contribution is -2.23. The minimum absolute atomic E-state index is 0.178. The molecule has 0 saturated heterocycles. The van der Waals surface area contributed by atoms with Crippen molar-refractivity contribution in [1.29, 1.82) is 0 Å². The molecule has 1 atom stereocenters. The zero-order valence-corrected chi connectivity index (χ0v) is 13.4. The van der Waals surface area contributed by atoms with Crippen molar-refractivity contribution in [2.24, 2.45) is 0 Å². The van der Waals surface area contributed by atoms with Gasteiger partial charge in [-0.25, -0.2) is 9.37 Å². The van der Waals surface area contributed by atoms with E-state index >= 15 is 0 Å². The Morgan fingerprint density at radius 3 is 3.00 bits per heavy atom. The van der Waals surface area contributed by atoms with Crippen molar-refractivity contribution >= 4 is 11.3 Å². The van der Waals surface area contributed by atoms with E-state index in [-0.39, 0.29) is 5.82 Å². The monoisotopic (exact) mass is 304 g/mol. The van der Waals surface area contributed by atoms with E-state index in [1.165, 1.54) is 23.4 Å². The SMILES string of the molecule is CCNCC1CCCc2sc(-c3cc(C)cc(F)c3)nc21. The fraction of sp³-hybridized carbons (Fsp3) is 0.471. The maximum atomic E-state index is 13.6. The molecule has 1 heterocycles. The van der Waals surface area contributed by atoms with Gasteiger partial charge in [-0.2, -0.15) is 0 Å². The van der Waals surface area contributed by atoms with E-state index in [0.717, 1.165) is 35.6 Å². The summed E-state index contributed by atoms with van der Waals surface area (Å²) in [5.74, 6) is 0.329. The highest BCUT2D eigenvalue weighted by Crippen LogP contribution is 2.38. The number of hydrogen-bond donors (Lipinski definition) is 1. The van der Waals surface area contributed by atoms with Crippen molar-refractivity contribution in [3.8, 4) is 10.6 Å². The summed E-state index contributed by atoms with van der Waals surface area (Å²) < 4.78 is 13.6. The van der Waals surface area contributed by atoms with Crippen LogP contribution in [0.25, 0.3) is 10.6 Å². The molecular weight excluding hydrogens is 283 g/mol. The van der Waals surface area contributed by atoms with Crippen LogP contribution in [0.1, 0.15) is 41.8 Å². The topological polar surface area (TPSA) is 24.9 Å². The number of fused-ring (bicyclic) bond motifs is 1. The van der Waals surface area contributed by atoms with Gasteiger partial charge in [0, 0.05) is 22.9 Å². The molecule has 1 aliphatic rings. The van der Waals surface area contributed by atoms with E-state index < -0.39 is 0 Å². The van der Waals surface area contributed by atoms with Crippen LogP contribution in [0, 0.1) is 12.7 Å². The van der Waals surface area contributed by atoms with Gasteiger partial charge >= 0.3 is 0 Å². The Morgan fingerprint density at radius 1 is 1.38 bits per heavy atom. The largest absolute Gasteiger partial charge is 0.316 e. The van der Waals surface area contributed by atoms with Crippen LogP contribution in [-0.2, 0) is 6.42 Å². The number of halogens is 1. The summed E-state index contributed by atoms with van der Waals surface area (Å²) in [7, 11) is 0. The number of thiazole rings is 1. The first-order valence-corrected chi connectivity index (χ1v) is 8.47. The molecule has 0 fully saturated rings. The zero-order valence-electron chi connectivity index (χ0n) is 12.6. The van der Waals surface area contributed by atoms with Gasteiger partial charge in [0.1, 0.15) is 10.8 Å². The first kappa shape index (κ1) is 14.7. The van der Waals surface area contributed by atoms with E-state index in [1.807, 2.05) is 13.0 Å². The average molecular weight is 304 g/mol. The second-order valence-corrected chi connectivity index (χ2v) is 6.83. The van der Waals surface area contributed by atoms with Gasteiger partial charge in [-0.1, -0.05) is 6.92 Å². The fourth-order valence-electron chi connectivity index (χ4n) is 3.01. The van der Waals surface area contributed by atoms with E-state index in [9.17, 15) is 4.39 Å². The number of aromatic nitrogens is 1. The summed E-state index contributed by atoms with van der Waals surface area (Å²) in [5.41, 5.74) is 3.10. The number of aryl methyl sites for hydroxylation is 2.